The maximum absolute atomic E-state index is 12.6. The SMILES string of the molecule is CCOC(=O)Oc1ccc(C(=O)NC2Cc3[nH]c4ccc(C)cc4c3C2)cc1. The molecule has 0 radical (unpaired) electrons. The van der Waals surface area contributed by atoms with Gasteiger partial charge in [0.1, 0.15) is 5.75 Å². The fraction of sp³-hybridized carbons (Fsp3) is 0.273. The number of carbonyl (C=O) groups excluding carboxylic acids is 2. The van der Waals surface area contributed by atoms with Crippen LogP contribution in [0.5, 0.6) is 5.75 Å². The van der Waals surface area contributed by atoms with Crippen LogP contribution in [0.15, 0.2) is 42.5 Å². The highest BCUT2D eigenvalue weighted by molar-refractivity contribution is 5.95. The second-order valence-corrected chi connectivity index (χ2v) is 7.02. The summed E-state index contributed by atoms with van der Waals surface area (Å²) in [5.74, 6) is 0.200. The van der Waals surface area contributed by atoms with E-state index >= 15 is 0 Å². The summed E-state index contributed by atoms with van der Waals surface area (Å²) in [6.45, 7) is 4.04. The standard InChI is InChI=1S/C22H22N2O4/c1-3-27-22(26)28-16-7-5-14(6-8-16)21(25)23-15-11-18-17-10-13(2)4-9-19(17)24-20(18)12-15/h4-10,15,24H,3,11-12H2,1-2H3,(H,23,25). The van der Waals surface area contributed by atoms with E-state index in [1.807, 2.05) is 0 Å². The highest BCUT2D eigenvalue weighted by atomic mass is 16.7. The Morgan fingerprint density at radius 3 is 2.68 bits per heavy atom. The summed E-state index contributed by atoms with van der Waals surface area (Å²) in [4.78, 5) is 27.4. The van der Waals surface area contributed by atoms with Crippen LogP contribution in [0.4, 0.5) is 4.79 Å². The number of aryl methyl sites for hydroxylation is 1. The second kappa shape index (κ2) is 7.38. The zero-order chi connectivity index (χ0) is 19.7. The van der Waals surface area contributed by atoms with Gasteiger partial charge in [0.25, 0.3) is 5.91 Å². The molecule has 1 unspecified atom stereocenters. The van der Waals surface area contributed by atoms with Gasteiger partial charge in [-0.1, -0.05) is 11.6 Å². The number of H-pyrrole nitrogens is 1. The Labute approximate surface area is 162 Å². The Morgan fingerprint density at radius 2 is 1.93 bits per heavy atom. The normalized spacial score (nSPS) is 15.3. The van der Waals surface area contributed by atoms with Gasteiger partial charge in [0.05, 0.1) is 6.61 Å². The number of aromatic amines is 1. The molecule has 6 nitrogen and oxygen atoms in total. The van der Waals surface area contributed by atoms with Crippen molar-refractivity contribution in [3.63, 3.8) is 0 Å². The zero-order valence-corrected chi connectivity index (χ0v) is 15.9. The molecule has 0 spiro atoms. The number of hydrogen-bond donors (Lipinski definition) is 2. The highest BCUT2D eigenvalue weighted by Gasteiger charge is 2.27. The lowest BCUT2D eigenvalue weighted by Crippen LogP contribution is -2.35. The van der Waals surface area contributed by atoms with E-state index in [9.17, 15) is 9.59 Å². The van der Waals surface area contributed by atoms with Gasteiger partial charge in [-0.2, -0.15) is 0 Å². The fourth-order valence-corrected chi connectivity index (χ4v) is 3.68. The molecule has 0 bridgehead atoms. The molecular weight excluding hydrogens is 356 g/mol. The molecule has 2 N–H and O–H groups in total. The molecule has 1 aliphatic rings. The molecular formula is C22H22N2O4. The first-order valence-electron chi connectivity index (χ1n) is 9.39. The Bertz CT molecular complexity index is 1040. The molecule has 6 heteroatoms. The molecule has 0 aliphatic heterocycles. The van der Waals surface area contributed by atoms with Crippen LogP contribution in [-0.4, -0.2) is 29.7 Å². The third-order valence-electron chi connectivity index (χ3n) is 4.97. The van der Waals surface area contributed by atoms with Crippen LogP contribution in [0.3, 0.4) is 0 Å². The first-order valence-corrected chi connectivity index (χ1v) is 9.39. The number of rotatable bonds is 4. The summed E-state index contributed by atoms with van der Waals surface area (Å²) in [5, 5.41) is 4.34. The maximum Gasteiger partial charge on any atom is 0.513 e. The molecule has 1 aromatic heterocycles. The van der Waals surface area contributed by atoms with Gasteiger partial charge in [0.15, 0.2) is 0 Å². The minimum Gasteiger partial charge on any atom is -0.434 e. The van der Waals surface area contributed by atoms with Gasteiger partial charge >= 0.3 is 6.16 Å². The molecule has 0 saturated carbocycles. The monoisotopic (exact) mass is 378 g/mol. The first kappa shape index (κ1) is 18.1. The predicted molar refractivity (Wildman–Crippen MR) is 106 cm³/mol. The molecule has 4 rings (SSSR count). The molecule has 2 aromatic carbocycles. The van der Waals surface area contributed by atoms with E-state index in [0.717, 1.165) is 18.4 Å². The number of benzene rings is 2. The summed E-state index contributed by atoms with van der Waals surface area (Å²) >= 11 is 0. The molecule has 0 saturated heterocycles. The second-order valence-electron chi connectivity index (χ2n) is 7.02. The number of ether oxygens (including phenoxy) is 2. The topological polar surface area (TPSA) is 80.4 Å². The molecule has 1 aliphatic carbocycles. The lowest BCUT2D eigenvalue weighted by atomic mass is 10.1. The van der Waals surface area contributed by atoms with Crippen molar-refractivity contribution in [2.45, 2.75) is 32.7 Å². The van der Waals surface area contributed by atoms with E-state index in [4.69, 9.17) is 9.47 Å². The van der Waals surface area contributed by atoms with E-state index < -0.39 is 6.16 Å². The van der Waals surface area contributed by atoms with Gasteiger partial charge in [-0.25, -0.2) is 4.79 Å². The van der Waals surface area contributed by atoms with Crippen molar-refractivity contribution >= 4 is 23.0 Å². The summed E-state index contributed by atoms with van der Waals surface area (Å²) < 4.78 is 9.74. The van der Waals surface area contributed by atoms with E-state index in [1.165, 1.54) is 22.2 Å². The summed E-state index contributed by atoms with van der Waals surface area (Å²) in [6, 6.07) is 12.9. The van der Waals surface area contributed by atoms with Crippen LogP contribution in [0, 0.1) is 6.92 Å². The van der Waals surface area contributed by atoms with Gasteiger partial charge in [0, 0.05) is 34.6 Å². The number of carbonyl (C=O) groups is 2. The van der Waals surface area contributed by atoms with Crippen molar-refractivity contribution in [2.24, 2.45) is 0 Å². The van der Waals surface area contributed by atoms with Crippen molar-refractivity contribution in [3.05, 3.63) is 64.8 Å². The molecule has 3 aromatic rings. The van der Waals surface area contributed by atoms with E-state index in [-0.39, 0.29) is 18.6 Å². The van der Waals surface area contributed by atoms with E-state index in [0.29, 0.717) is 11.3 Å². The number of fused-ring (bicyclic) bond motifs is 3. The van der Waals surface area contributed by atoms with Crippen LogP contribution in [-0.2, 0) is 17.6 Å². The molecule has 1 atom stereocenters. The largest absolute Gasteiger partial charge is 0.513 e. The molecule has 28 heavy (non-hydrogen) atoms. The van der Waals surface area contributed by atoms with E-state index in [2.05, 4.69) is 35.4 Å². The van der Waals surface area contributed by atoms with Gasteiger partial charge in [0.2, 0.25) is 0 Å². The molecule has 1 heterocycles. The van der Waals surface area contributed by atoms with Crippen molar-refractivity contribution in [3.8, 4) is 5.75 Å². The molecule has 144 valence electrons. The quantitative estimate of drug-likeness (QED) is 0.533. The maximum atomic E-state index is 12.6. The Morgan fingerprint density at radius 1 is 1.14 bits per heavy atom. The molecule has 1 amide bonds. The lowest BCUT2D eigenvalue weighted by molar-refractivity contribution is 0.0938. The van der Waals surface area contributed by atoms with Crippen molar-refractivity contribution in [2.75, 3.05) is 6.61 Å². The summed E-state index contributed by atoms with van der Waals surface area (Å²) in [5.41, 5.74) is 5.39. The zero-order valence-electron chi connectivity index (χ0n) is 15.9. The van der Waals surface area contributed by atoms with E-state index in [1.54, 1.807) is 31.2 Å². The smallest absolute Gasteiger partial charge is 0.434 e. The third-order valence-corrected chi connectivity index (χ3v) is 4.97. The van der Waals surface area contributed by atoms with Gasteiger partial charge in [-0.15, -0.1) is 0 Å². The summed E-state index contributed by atoms with van der Waals surface area (Å²) in [6.07, 6.45) is 0.849. The van der Waals surface area contributed by atoms with Crippen LogP contribution in [0.1, 0.15) is 34.1 Å². The minimum atomic E-state index is -0.755. The van der Waals surface area contributed by atoms with Gasteiger partial charge in [-0.3, -0.25) is 4.79 Å². The van der Waals surface area contributed by atoms with Crippen LogP contribution < -0.4 is 10.1 Å². The van der Waals surface area contributed by atoms with Crippen LogP contribution in [0.25, 0.3) is 10.9 Å². The number of hydrogen-bond acceptors (Lipinski definition) is 4. The summed E-state index contributed by atoms with van der Waals surface area (Å²) in [7, 11) is 0. The fourth-order valence-electron chi connectivity index (χ4n) is 3.68. The minimum absolute atomic E-state index is 0.0640. The third kappa shape index (κ3) is 3.58. The van der Waals surface area contributed by atoms with Gasteiger partial charge in [-0.05, 0) is 62.2 Å². The van der Waals surface area contributed by atoms with Crippen molar-refractivity contribution < 1.29 is 19.1 Å². The average Bonchev–Trinajstić information content (AvgIpc) is 3.20. The predicted octanol–water partition coefficient (Wildman–Crippen LogP) is 3.91. The lowest BCUT2D eigenvalue weighted by Gasteiger charge is -2.13. The van der Waals surface area contributed by atoms with Crippen LogP contribution in [0.2, 0.25) is 0 Å². The number of aromatic nitrogens is 1. The van der Waals surface area contributed by atoms with Crippen molar-refractivity contribution in [1.29, 1.82) is 0 Å². The first-order chi connectivity index (χ1) is 13.5. The Hall–Kier alpha value is -3.28. The van der Waals surface area contributed by atoms with Crippen LogP contribution >= 0.6 is 0 Å². The number of nitrogens with one attached hydrogen (secondary N) is 2. The average molecular weight is 378 g/mol. The number of amides is 1. The van der Waals surface area contributed by atoms with Gasteiger partial charge < -0.3 is 19.8 Å². The highest BCUT2D eigenvalue weighted by Crippen LogP contribution is 2.31. The van der Waals surface area contributed by atoms with Crippen molar-refractivity contribution in [1.82, 2.24) is 10.3 Å². The Kier molecular flexibility index (Phi) is 4.77. The Balaban J connectivity index is 1.40. The molecule has 0 fully saturated rings.